The van der Waals surface area contributed by atoms with Gasteiger partial charge in [-0.05, 0) is 18.1 Å². The molecule has 0 saturated heterocycles. The van der Waals surface area contributed by atoms with E-state index in [9.17, 15) is 14.4 Å². The quantitative estimate of drug-likeness (QED) is 0.720. The van der Waals surface area contributed by atoms with E-state index < -0.39 is 11.9 Å². The highest BCUT2D eigenvalue weighted by atomic mass is 16.4. The fraction of sp³-hybridized carbons (Fsp3) is 0.357. The third-order valence-electron chi connectivity index (χ3n) is 2.52. The first-order valence-electron chi connectivity index (χ1n) is 6.29. The van der Waals surface area contributed by atoms with Crippen LogP contribution in [0.1, 0.15) is 34.6 Å². The van der Waals surface area contributed by atoms with Crippen molar-refractivity contribution in [1.29, 1.82) is 0 Å². The molecule has 20 heavy (non-hydrogen) atoms. The molecule has 6 nitrogen and oxygen atoms in total. The highest BCUT2D eigenvalue weighted by Gasteiger charge is 2.16. The molecule has 0 aromatic heterocycles. The minimum atomic E-state index is -1.18. The summed E-state index contributed by atoms with van der Waals surface area (Å²) in [6.07, 6.45) is 0. The first kappa shape index (κ1) is 15.7. The summed E-state index contributed by atoms with van der Waals surface area (Å²) < 4.78 is 0. The van der Waals surface area contributed by atoms with Crippen molar-refractivity contribution < 1.29 is 19.5 Å². The van der Waals surface area contributed by atoms with Crippen LogP contribution in [0.5, 0.6) is 0 Å². The maximum atomic E-state index is 11.9. The number of hydrogen-bond acceptors (Lipinski definition) is 3. The van der Waals surface area contributed by atoms with Crippen molar-refractivity contribution in [2.24, 2.45) is 5.92 Å². The highest BCUT2D eigenvalue weighted by Crippen LogP contribution is 2.08. The lowest BCUT2D eigenvalue weighted by Gasteiger charge is -2.09. The Balaban J connectivity index is 2.60. The molecule has 0 aliphatic rings. The van der Waals surface area contributed by atoms with Gasteiger partial charge < -0.3 is 15.7 Å². The molecule has 1 aromatic rings. The molecule has 1 aromatic carbocycles. The summed E-state index contributed by atoms with van der Waals surface area (Å²) in [4.78, 5) is 34.3. The number of carbonyl (C=O) groups is 3. The van der Waals surface area contributed by atoms with E-state index in [0.717, 1.165) is 0 Å². The molecule has 0 bridgehead atoms. The Bertz CT molecular complexity index is 512. The van der Waals surface area contributed by atoms with E-state index >= 15 is 0 Å². The van der Waals surface area contributed by atoms with E-state index in [2.05, 4.69) is 10.6 Å². The number of aromatic carboxylic acids is 1. The van der Waals surface area contributed by atoms with Crippen LogP contribution in [-0.2, 0) is 4.79 Å². The molecule has 2 amide bonds. The number of benzene rings is 1. The third kappa shape index (κ3) is 4.72. The van der Waals surface area contributed by atoms with Gasteiger partial charge in [0.2, 0.25) is 5.91 Å². The first-order valence-corrected chi connectivity index (χ1v) is 6.29. The number of hydrogen-bond donors (Lipinski definition) is 3. The van der Waals surface area contributed by atoms with Crippen molar-refractivity contribution in [3.8, 4) is 0 Å². The summed E-state index contributed by atoms with van der Waals surface area (Å²) in [6, 6.07) is 5.86. The van der Waals surface area contributed by atoms with E-state index in [0.29, 0.717) is 12.5 Å². The molecule has 0 aliphatic carbocycles. The van der Waals surface area contributed by atoms with Gasteiger partial charge in [0, 0.05) is 6.54 Å². The van der Waals surface area contributed by atoms with Crippen LogP contribution in [0, 0.1) is 5.92 Å². The SMILES string of the molecule is CC(C)CNC(=O)CNC(=O)c1ccccc1C(=O)O. The van der Waals surface area contributed by atoms with Gasteiger partial charge in [-0.1, -0.05) is 26.0 Å². The Morgan fingerprint density at radius 1 is 1.10 bits per heavy atom. The molecule has 108 valence electrons. The van der Waals surface area contributed by atoms with Crippen molar-refractivity contribution in [2.45, 2.75) is 13.8 Å². The number of nitrogens with one attached hydrogen (secondary N) is 2. The highest BCUT2D eigenvalue weighted by molar-refractivity contribution is 6.05. The fourth-order valence-corrected chi connectivity index (χ4v) is 1.50. The van der Waals surface area contributed by atoms with E-state index in [1.165, 1.54) is 18.2 Å². The standard InChI is InChI=1S/C14H18N2O4/c1-9(2)7-15-12(17)8-16-13(18)10-5-3-4-6-11(10)14(19)20/h3-6,9H,7-8H2,1-2H3,(H,15,17)(H,16,18)(H,19,20). The maximum absolute atomic E-state index is 11.9. The van der Waals surface area contributed by atoms with Crippen molar-refractivity contribution in [3.63, 3.8) is 0 Å². The summed E-state index contributed by atoms with van der Waals surface area (Å²) in [6.45, 7) is 4.27. The van der Waals surface area contributed by atoms with Gasteiger partial charge in [-0.25, -0.2) is 4.79 Å². The molecule has 0 fully saturated rings. The van der Waals surface area contributed by atoms with Gasteiger partial charge in [0.05, 0.1) is 17.7 Å². The van der Waals surface area contributed by atoms with Crippen LogP contribution in [0.25, 0.3) is 0 Å². The van der Waals surface area contributed by atoms with Crippen LogP contribution in [-0.4, -0.2) is 36.0 Å². The minimum absolute atomic E-state index is 0.0386. The predicted octanol–water partition coefficient (Wildman–Crippen LogP) is 0.887. The molecule has 0 unspecified atom stereocenters. The Labute approximate surface area is 117 Å². The average molecular weight is 278 g/mol. The van der Waals surface area contributed by atoms with E-state index in [1.54, 1.807) is 6.07 Å². The second-order valence-electron chi connectivity index (χ2n) is 4.73. The topological polar surface area (TPSA) is 95.5 Å². The van der Waals surface area contributed by atoms with Crippen LogP contribution < -0.4 is 10.6 Å². The molecule has 1 rings (SSSR count). The lowest BCUT2D eigenvalue weighted by atomic mass is 10.1. The zero-order valence-electron chi connectivity index (χ0n) is 11.5. The molecule has 0 atom stereocenters. The molecule has 0 spiro atoms. The largest absolute Gasteiger partial charge is 0.478 e. The van der Waals surface area contributed by atoms with Crippen molar-refractivity contribution in [2.75, 3.05) is 13.1 Å². The van der Waals surface area contributed by atoms with Gasteiger partial charge in [0.1, 0.15) is 0 Å². The van der Waals surface area contributed by atoms with Crippen LogP contribution >= 0.6 is 0 Å². The lowest BCUT2D eigenvalue weighted by molar-refractivity contribution is -0.120. The monoisotopic (exact) mass is 278 g/mol. The second kappa shape index (κ2) is 7.28. The smallest absolute Gasteiger partial charge is 0.336 e. The minimum Gasteiger partial charge on any atom is -0.478 e. The van der Waals surface area contributed by atoms with Gasteiger partial charge in [-0.15, -0.1) is 0 Å². The Morgan fingerprint density at radius 2 is 1.70 bits per heavy atom. The second-order valence-corrected chi connectivity index (χ2v) is 4.73. The zero-order chi connectivity index (χ0) is 15.1. The van der Waals surface area contributed by atoms with Gasteiger partial charge >= 0.3 is 5.97 Å². The summed E-state index contributed by atoms with van der Waals surface area (Å²) in [5.74, 6) is -1.75. The normalized spacial score (nSPS) is 10.2. The number of carboxylic acids is 1. The lowest BCUT2D eigenvalue weighted by Crippen LogP contribution is -2.38. The van der Waals surface area contributed by atoms with Crippen LogP contribution in [0.2, 0.25) is 0 Å². The number of carbonyl (C=O) groups excluding carboxylic acids is 2. The Morgan fingerprint density at radius 3 is 2.25 bits per heavy atom. The van der Waals surface area contributed by atoms with E-state index in [1.807, 2.05) is 13.8 Å². The molecule has 0 saturated carbocycles. The molecular weight excluding hydrogens is 260 g/mol. The zero-order valence-corrected chi connectivity index (χ0v) is 11.5. The van der Waals surface area contributed by atoms with Gasteiger partial charge in [-0.3, -0.25) is 9.59 Å². The summed E-state index contributed by atoms with van der Waals surface area (Å²) >= 11 is 0. The maximum Gasteiger partial charge on any atom is 0.336 e. The summed E-state index contributed by atoms with van der Waals surface area (Å²) in [5.41, 5.74) is -0.0516. The Kier molecular flexibility index (Phi) is 5.71. The van der Waals surface area contributed by atoms with Gasteiger partial charge in [0.25, 0.3) is 5.91 Å². The molecule has 0 heterocycles. The van der Waals surface area contributed by atoms with Crippen molar-refractivity contribution in [3.05, 3.63) is 35.4 Å². The number of carboxylic acid groups (broad SMARTS) is 1. The average Bonchev–Trinajstić information content (AvgIpc) is 2.42. The van der Waals surface area contributed by atoms with Crippen molar-refractivity contribution >= 4 is 17.8 Å². The molecule has 0 radical (unpaired) electrons. The van der Waals surface area contributed by atoms with E-state index in [4.69, 9.17) is 5.11 Å². The fourth-order valence-electron chi connectivity index (χ4n) is 1.50. The molecular formula is C14H18N2O4. The number of rotatable bonds is 6. The molecule has 3 N–H and O–H groups in total. The summed E-state index contributed by atoms with van der Waals surface area (Å²) in [7, 11) is 0. The van der Waals surface area contributed by atoms with Crippen LogP contribution in [0.15, 0.2) is 24.3 Å². The van der Waals surface area contributed by atoms with Crippen LogP contribution in [0.3, 0.4) is 0 Å². The predicted molar refractivity (Wildman–Crippen MR) is 73.6 cm³/mol. The number of amides is 2. The molecule has 6 heteroatoms. The van der Waals surface area contributed by atoms with Crippen molar-refractivity contribution in [1.82, 2.24) is 10.6 Å². The Hall–Kier alpha value is -2.37. The third-order valence-corrected chi connectivity index (χ3v) is 2.52. The molecule has 0 aliphatic heterocycles. The first-order chi connectivity index (χ1) is 9.41. The van der Waals surface area contributed by atoms with Gasteiger partial charge in [-0.2, -0.15) is 0 Å². The summed E-state index contributed by atoms with van der Waals surface area (Å²) in [5, 5.41) is 14.0. The van der Waals surface area contributed by atoms with Gasteiger partial charge in [0.15, 0.2) is 0 Å². The van der Waals surface area contributed by atoms with E-state index in [-0.39, 0.29) is 23.6 Å². The van der Waals surface area contributed by atoms with Crippen LogP contribution in [0.4, 0.5) is 0 Å².